The van der Waals surface area contributed by atoms with E-state index in [4.69, 9.17) is 9.15 Å². The minimum Gasteiger partial charge on any atom is -0.460 e. The van der Waals surface area contributed by atoms with E-state index in [1.165, 1.54) is 34.6 Å². The van der Waals surface area contributed by atoms with E-state index in [2.05, 4.69) is 5.32 Å². The zero-order valence-electron chi connectivity index (χ0n) is 15.8. The SMILES string of the molecule is CCOC(=O)c1ccc(S(=O)(=O)N2CCC(C(=O)Nc3ccccc3F)CC2)o1. The number of carbonyl (C=O) groups is 2. The van der Waals surface area contributed by atoms with Crippen molar-refractivity contribution in [2.75, 3.05) is 25.0 Å². The third kappa shape index (κ3) is 4.65. The first-order chi connectivity index (χ1) is 13.8. The second-order valence-electron chi connectivity index (χ2n) is 6.49. The highest BCUT2D eigenvalue weighted by atomic mass is 32.2. The van der Waals surface area contributed by atoms with Gasteiger partial charge in [-0.3, -0.25) is 4.79 Å². The molecule has 1 saturated heterocycles. The molecule has 156 valence electrons. The number of esters is 1. The molecule has 1 fully saturated rings. The van der Waals surface area contributed by atoms with Gasteiger partial charge in [-0.2, -0.15) is 4.31 Å². The number of sulfonamides is 1. The van der Waals surface area contributed by atoms with E-state index in [1.807, 2.05) is 0 Å². The highest BCUT2D eigenvalue weighted by molar-refractivity contribution is 7.89. The van der Waals surface area contributed by atoms with Crippen molar-refractivity contribution < 1.29 is 31.6 Å². The molecular weight excluding hydrogens is 403 g/mol. The van der Waals surface area contributed by atoms with E-state index in [0.29, 0.717) is 0 Å². The minimum absolute atomic E-state index is 0.0923. The number of hydrogen-bond donors (Lipinski definition) is 1. The summed E-state index contributed by atoms with van der Waals surface area (Å²) in [4.78, 5) is 24.0. The molecule has 3 rings (SSSR count). The smallest absolute Gasteiger partial charge is 0.374 e. The predicted molar refractivity (Wildman–Crippen MR) is 101 cm³/mol. The first kappa shape index (κ1) is 21.0. The number of halogens is 1. The summed E-state index contributed by atoms with van der Waals surface area (Å²) in [6.45, 7) is 1.98. The third-order valence-corrected chi connectivity index (χ3v) is 6.38. The van der Waals surface area contributed by atoms with E-state index in [0.717, 1.165) is 0 Å². The normalized spacial score (nSPS) is 15.8. The summed E-state index contributed by atoms with van der Waals surface area (Å²) in [7, 11) is -3.94. The molecule has 1 aromatic heterocycles. The highest BCUT2D eigenvalue weighted by Gasteiger charge is 2.34. The van der Waals surface area contributed by atoms with Crippen molar-refractivity contribution in [1.82, 2.24) is 4.31 Å². The van der Waals surface area contributed by atoms with Gasteiger partial charge in [-0.1, -0.05) is 12.1 Å². The molecule has 2 aromatic rings. The Hall–Kier alpha value is -2.72. The van der Waals surface area contributed by atoms with E-state index in [-0.39, 0.29) is 55.0 Å². The average molecular weight is 424 g/mol. The number of amides is 1. The largest absolute Gasteiger partial charge is 0.460 e. The Kier molecular flexibility index (Phi) is 6.33. The number of furan rings is 1. The minimum atomic E-state index is -3.94. The molecule has 0 bridgehead atoms. The number of nitrogens with one attached hydrogen (secondary N) is 1. The lowest BCUT2D eigenvalue weighted by atomic mass is 9.97. The van der Waals surface area contributed by atoms with Crippen molar-refractivity contribution in [2.24, 2.45) is 5.92 Å². The van der Waals surface area contributed by atoms with Crippen molar-refractivity contribution in [1.29, 1.82) is 0 Å². The monoisotopic (exact) mass is 424 g/mol. The molecule has 1 amide bonds. The number of rotatable bonds is 6. The van der Waals surface area contributed by atoms with Crippen molar-refractivity contribution in [3.8, 4) is 0 Å². The summed E-state index contributed by atoms with van der Waals surface area (Å²) >= 11 is 0. The van der Waals surface area contributed by atoms with Crippen molar-refractivity contribution in [3.05, 3.63) is 48.0 Å². The van der Waals surface area contributed by atoms with Crippen LogP contribution in [0.4, 0.5) is 10.1 Å². The number of carbonyl (C=O) groups excluding carboxylic acids is 2. The summed E-state index contributed by atoms with van der Waals surface area (Å²) in [6.07, 6.45) is 0.565. The summed E-state index contributed by atoms with van der Waals surface area (Å²) in [5, 5.41) is 2.19. The quantitative estimate of drug-likeness (QED) is 0.715. The van der Waals surface area contributed by atoms with Crippen LogP contribution in [0.15, 0.2) is 45.9 Å². The van der Waals surface area contributed by atoms with E-state index in [1.54, 1.807) is 13.0 Å². The zero-order chi connectivity index (χ0) is 21.0. The maximum atomic E-state index is 13.7. The number of benzene rings is 1. The van der Waals surface area contributed by atoms with Crippen LogP contribution in [0.5, 0.6) is 0 Å². The molecule has 10 heteroatoms. The van der Waals surface area contributed by atoms with Crippen LogP contribution in [-0.2, 0) is 19.6 Å². The van der Waals surface area contributed by atoms with E-state index >= 15 is 0 Å². The van der Waals surface area contributed by atoms with Crippen LogP contribution in [-0.4, -0.2) is 44.3 Å². The Bertz CT molecular complexity index is 996. The Labute approximate surface area is 167 Å². The van der Waals surface area contributed by atoms with Gasteiger partial charge in [-0.05, 0) is 44.0 Å². The molecule has 2 heterocycles. The van der Waals surface area contributed by atoms with Gasteiger partial charge in [0.2, 0.25) is 16.8 Å². The summed E-state index contributed by atoms with van der Waals surface area (Å²) < 4.78 is 50.3. The molecule has 0 aliphatic carbocycles. The van der Waals surface area contributed by atoms with Gasteiger partial charge in [0.25, 0.3) is 10.0 Å². The Balaban J connectivity index is 1.61. The lowest BCUT2D eigenvalue weighted by molar-refractivity contribution is -0.120. The molecule has 1 aliphatic rings. The van der Waals surface area contributed by atoms with Crippen LogP contribution in [0.3, 0.4) is 0 Å². The van der Waals surface area contributed by atoms with Gasteiger partial charge in [0, 0.05) is 19.0 Å². The molecule has 0 spiro atoms. The van der Waals surface area contributed by atoms with E-state index in [9.17, 15) is 22.4 Å². The first-order valence-corrected chi connectivity index (χ1v) is 10.6. The third-order valence-electron chi connectivity index (χ3n) is 4.61. The van der Waals surface area contributed by atoms with Gasteiger partial charge in [0.15, 0.2) is 0 Å². The van der Waals surface area contributed by atoms with Crippen LogP contribution in [0.25, 0.3) is 0 Å². The number of ether oxygens (including phenoxy) is 1. The molecule has 1 aromatic carbocycles. The zero-order valence-corrected chi connectivity index (χ0v) is 16.6. The maximum Gasteiger partial charge on any atom is 0.374 e. The number of hydrogen-bond acceptors (Lipinski definition) is 6. The summed E-state index contributed by atoms with van der Waals surface area (Å²) in [6, 6.07) is 8.31. The molecule has 0 atom stereocenters. The van der Waals surface area contributed by atoms with Crippen LogP contribution < -0.4 is 5.32 Å². The molecule has 0 unspecified atom stereocenters. The lowest BCUT2D eigenvalue weighted by Gasteiger charge is -2.29. The van der Waals surface area contributed by atoms with Crippen LogP contribution in [0, 0.1) is 11.7 Å². The second-order valence-corrected chi connectivity index (χ2v) is 8.36. The van der Waals surface area contributed by atoms with E-state index < -0.39 is 27.7 Å². The standard InChI is InChI=1S/C19H21FN2O6S/c1-2-27-19(24)16-7-8-17(28-16)29(25,26)22-11-9-13(10-12-22)18(23)21-15-6-4-3-5-14(15)20/h3-8,13H,2,9-12H2,1H3,(H,21,23). The van der Waals surface area contributed by atoms with Crippen LogP contribution >= 0.6 is 0 Å². The molecule has 1 N–H and O–H groups in total. The van der Waals surface area contributed by atoms with Gasteiger partial charge in [0.1, 0.15) is 5.82 Å². The van der Waals surface area contributed by atoms with Gasteiger partial charge in [-0.25, -0.2) is 17.6 Å². The number of para-hydroxylation sites is 1. The van der Waals surface area contributed by atoms with Gasteiger partial charge in [-0.15, -0.1) is 0 Å². The van der Waals surface area contributed by atoms with Crippen molar-refractivity contribution in [3.63, 3.8) is 0 Å². The van der Waals surface area contributed by atoms with Gasteiger partial charge >= 0.3 is 5.97 Å². The highest BCUT2D eigenvalue weighted by Crippen LogP contribution is 2.26. The number of nitrogens with zero attached hydrogens (tertiary/aromatic N) is 1. The molecule has 29 heavy (non-hydrogen) atoms. The molecule has 8 nitrogen and oxygen atoms in total. The first-order valence-electron chi connectivity index (χ1n) is 9.15. The summed E-state index contributed by atoms with van der Waals surface area (Å²) in [5.74, 6) is -2.25. The topological polar surface area (TPSA) is 106 Å². The Morgan fingerprint density at radius 1 is 1.21 bits per heavy atom. The lowest BCUT2D eigenvalue weighted by Crippen LogP contribution is -2.41. The Morgan fingerprint density at radius 3 is 2.55 bits per heavy atom. The fraction of sp³-hybridized carbons (Fsp3) is 0.368. The summed E-state index contributed by atoms with van der Waals surface area (Å²) in [5.41, 5.74) is 0.0923. The predicted octanol–water partition coefficient (Wildman–Crippen LogP) is 2.63. The maximum absolute atomic E-state index is 13.7. The molecule has 0 saturated carbocycles. The number of anilines is 1. The van der Waals surface area contributed by atoms with Gasteiger partial charge in [0.05, 0.1) is 12.3 Å². The fourth-order valence-corrected chi connectivity index (χ4v) is 4.43. The fourth-order valence-electron chi connectivity index (χ4n) is 3.05. The van der Waals surface area contributed by atoms with Crippen molar-refractivity contribution in [2.45, 2.75) is 24.9 Å². The molecule has 0 radical (unpaired) electrons. The van der Waals surface area contributed by atoms with Crippen molar-refractivity contribution >= 4 is 27.6 Å². The van der Waals surface area contributed by atoms with Crippen LogP contribution in [0.2, 0.25) is 0 Å². The molecule has 1 aliphatic heterocycles. The second kappa shape index (κ2) is 8.75. The van der Waals surface area contributed by atoms with Gasteiger partial charge < -0.3 is 14.5 Å². The van der Waals surface area contributed by atoms with Crippen LogP contribution in [0.1, 0.15) is 30.3 Å². The molecular formula is C19H21FN2O6S. The average Bonchev–Trinajstić information content (AvgIpc) is 3.21. The Morgan fingerprint density at radius 2 is 1.90 bits per heavy atom. The number of piperidine rings is 1.